The molecule has 1 aromatic carbocycles. The molecular formula is C20H30N6O2. The van der Waals surface area contributed by atoms with E-state index < -0.39 is 0 Å². The van der Waals surface area contributed by atoms with Crippen molar-refractivity contribution in [1.29, 1.82) is 0 Å². The predicted molar refractivity (Wildman–Crippen MR) is 109 cm³/mol. The van der Waals surface area contributed by atoms with E-state index in [4.69, 9.17) is 9.47 Å². The van der Waals surface area contributed by atoms with Gasteiger partial charge in [0.2, 0.25) is 0 Å². The number of benzene rings is 1. The summed E-state index contributed by atoms with van der Waals surface area (Å²) in [4.78, 5) is 8.63. The van der Waals surface area contributed by atoms with Crippen molar-refractivity contribution >= 4 is 5.96 Å². The number of aliphatic imine (C=N–C) groups is 1. The van der Waals surface area contributed by atoms with E-state index in [1.807, 2.05) is 12.1 Å². The smallest absolute Gasteiger partial charge is 0.191 e. The molecule has 28 heavy (non-hydrogen) atoms. The molecule has 8 nitrogen and oxygen atoms in total. The van der Waals surface area contributed by atoms with E-state index in [9.17, 15) is 0 Å². The lowest BCUT2D eigenvalue weighted by atomic mass is 10.1. The summed E-state index contributed by atoms with van der Waals surface area (Å²) in [6.45, 7) is 7.62. The minimum Gasteiger partial charge on any atom is -0.381 e. The van der Waals surface area contributed by atoms with E-state index >= 15 is 0 Å². The number of nitrogens with zero attached hydrogens (tertiary/aromatic N) is 4. The minimum absolute atomic E-state index is 0.572. The SMILES string of the molecule is CCNC(=NCc1ccc(-n2cncn2)cc1)NCCCOCC1CCOC1. The Labute approximate surface area is 166 Å². The molecule has 1 unspecified atom stereocenters. The number of hydrogen-bond donors (Lipinski definition) is 2. The largest absolute Gasteiger partial charge is 0.381 e. The summed E-state index contributed by atoms with van der Waals surface area (Å²) in [5, 5.41) is 10.8. The second-order valence-electron chi connectivity index (χ2n) is 6.79. The molecule has 0 aliphatic carbocycles. The molecule has 2 heterocycles. The number of rotatable bonds is 10. The molecule has 0 bridgehead atoms. The van der Waals surface area contributed by atoms with Gasteiger partial charge in [-0.3, -0.25) is 0 Å². The van der Waals surface area contributed by atoms with Crippen molar-refractivity contribution < 1.29 is 9.47 Å². The average molecular weight is 387 g/mol. The van der Waals surface area contributed by atoms with Crippen molar-refractivity contribution in [3.8, 4) is 5.69 Å². The van der Waals surface area contributed by atoms with Gasteiger partial charge in [0.15, 0.2) is 5.96 Å². The molecule has 0 amide bonds. The Kier molecular flexibility index (Phi) is 8.26. The van der Waals surface area contributed by atoms with Gasteiger partial charge in [-0.25, -0.2) is 14.7 Å². The highest BCUT2D eigenvalue weighted by Gasteiger charge is 2.15. The predicted octanol–water partition coefficient (Wildman–Crippen LogP) is 1.77. The van der Waals surface area contributed by atoms with Gasteiger partial charge in [-0.15, -0.1) is 0 Å². The Morgan fingerprint density at radius 2 is 2.21 bits per heavy atom. The van der Waals surface area contributed by atoms with Crippen molar-refractivity contribution in [2.24, 2.45) is 10.9 Å². The summed E-state index contributed by atoms with van der Waals surface area (Å²) in [5.74, 6) is 1.40. The van der Waals surface area contributed by atoms with Crippen molar-refractivity contribution in [2.75, 3.05) is 39.5 Å². The lowest BCUT2D eigenvalue weighted by molar-refractivity contribution is 0.0888. The van der Waals surface area contributed by atoms with Crippen LogP contribution >= 0.6 is 0 Å². The molecule has 152 valence electrons. The highest BCUT2D eigenvalue weighted by atomic mass is 16.5. The maximum atomic E-state index is 5.74. The summed E-state index contributed by atoms with van der Waals surface area (Å²) in [7, 11) is 0. The molecule has 0 saturated carbocycles. The van der Waals surface area contributed by atoms with E-state index in [0.717, 1.165) is 69.6 Å². The molecule has 1 fully saturated rings. The molecule has 1 aromatic heterocycles. The third-order valence-corrected chi connectivity index (χ3v) is 4.52. The normalized spacial score (nSPS) is 17.0. The van der Waals surface area contributed by atoms with E-state index in [2.05, 4.69) is 44.8 Å². The number of hydrogen-bond acceptors (Lipinski definition) is 5. The molecule has 1 atom stereocenters. The highest BCUT2D eigenvalue weighted by molar-refractivity contribution is 5.79. The van der Waals surface area contributed by atoms with Crippen LogP contribution in [0.15, 0.2) is 41.9 Å². The van der Waals surface area contributed by atoms with E-state index in [-0.39, 0.29) is 0 Å². The van der Waals surface area contributed by atoms with Crippen LogP contribution in [-0.4, -0.2) is 60.2 Å². The number of guanidine groups is 1. The number of ether oxygens (including phenoxy) is 2. The quantitative estimate of drug-likeness (QED) is 0.368. The van der Waals surface area contributed by atoms with Crippen LogP contribution in [0.3, 0.4) is 0 Å². The van der Waals surface area contributed by atoms with Crippen LogP contribution < -0.4 is 10.6 Å². The van der Waals surface area contributed by atoms with Crippen LogP contribution in [0.4, 0.5) is 0 Å². The van der Waals surface area contributed by atoms with E-state index in [0.29, 0.717) is 12.5 Å². The molecule has 8 heteroatoms. The van der Waals surface area contributed by atoms with Crippen molar-refractivity contribution in [3.05, 3.63) is 42.5 Å². The van der Waals surface area contributed by atoms with Gasteiger partial charge in [0, 0.05) is 32.2 Å². The third kappa shape index (κ3) is 6.61. The zero-order chi connectivity index (χ0) is 19.4. The van der Waals surface area contributed by atoms with Crippen LogP contribution in [0, 0.1) is 5.92 Å². The molecule has 3 rings (SSSR count). The topological polar surface area (TPSA) is 85.6 Å². The molecule has 0 radical (unpaired) electrons. The van der Waals surface area contributed by atoms with Gasteiger partial charge in [0.1, 0.15) is 12.7 Å². The Balaban J connectivity index is 1.38. The Bertz CT molecular complexity index is 696. The van der Waals surface area contributed by atoms with Gasteiger partial charge >= 0.3 is 0 Å². The first-order chi connectivity index (χ1) is 13.8. The summed E-state index contributed by atoms with van der Waals surface area (Å²) < 4.78 is 12.8. The maximum absolute atomic E-state index is 5.74. The fraction of sp³-hybridized carbons (Fsp3) is 0.550. The minimum atomic E-state index is 0.572. The summed E-state index contributed by atoms with van der Waals surface area (Å²) >= 11 is 0. The van der Waals surface area contributed by atoms with Crippen molar-refractivity contribution in [2.45, 2.75) is 26.3 Å². The standard InChI is InChI=1S/C20H30N6O2/c1-2-22-20(23-9-3-10-27-13-18-8-11-28-14-18)24-12-17-4-6-19(7-5-17)26-16-21-15-25-26/h4-7,15-16,18H,2-3,8-14H2,1H3,(H2,22,23,24). The second kappa shape index (κ2) is 11.4. The number of aromatic nitrogens is 3. The number of nitrogens with one attached hydrogen (secondary N) is 2. The molecule has 1 aliphatic rings. The van der Waals surface area contributed by atoms with Crippen LogP contribution in [0.5, 0.6) is 0 Å². The van der Waals surface area contributed by atoms with Gasteiger partial charge in [-0.05, 0) is 37.5 Å². The van der Waals surface area contributed by atoms with Crippen LogP contribution in [0.1, 0.15) is 25.3 Å². The molecule has 1 aliphatic heterocycles. The van der Waals surface area contributed by atoms with Gasteiger partial charge in [-0.1, -0.05) is 12.1 Å². The molecule has 1 saturated heterocycles. The average Bonchev–Trinajstić information content (AvgIpc) is 3.43. The van der Waals surface area contributed by atoms with Gasteiger partial charge in [0.25, 0.3) is 0 Å². The third-order valence-electron chi connectivity index (χ3n) is 4.52. The maximum Gasteiger partial charge on any atom is 0.191 e. The zero-order valence-corrected chi connectivity index (χ0v) is 16.5. The van der Waals surface area contributed by atoms with Crippen LogP contribution in [0.2, 0.25) is 0 Å². The molecular weight excluding hydrogens is 356 g/mol. The van der Waals surface area contributed by atoms with E-state index in [1.165, 1.54) is 6.33 Å². The summed E-state index contributed by atoms with van der Waals surface area (Å²) in [5.41, 5.74) is 2.13. The summed E-state index contributed by atoms with van der Waals surface area (Å²) in [6, 6.07) is 8.16. The fourth-order valence-electron chi connectivity index (χ4n) is 2.95. The lowest BCUT2D eigenvalue weighted by Crippen LogP contribution is -2.38. The Morgan fingerprint density at radius 3 is 2.93 bits per heavy atom. The fourth-order valence-corrected chi connectivity index (χ4v) is 2.95. The van der Waals surface area contributed by atoms with Gasteiger partial charge in [0.05, 0.1) is 25.4 Å². The van der Waals surface area contributed by atoms with Crippen molar-refractivity contribution in [3.63, 3.8) is 0 Å². The lowest BCUT2D eigenvalue weighted by Gasteiger charge is -2.12. The Morgan fingerprint density at radius 1 is 1.32 bits per heavy atom. The summed E-state index contributed by atoms with van der Waals surface area (Å²) in [6.07, 6.45) is 5.28. The molecule has 2 aromatic rings. The first-order valence-electron chi connectivity index (χ1n) is 9.96. The van der Waals surface area contributed by atoms with Gasteiger partial charge < -0.3 is 20.1 Å². The van der Waals surface area contributed by atoms with Crippen molar-refractivity contribution in [1.82, 2.24) is 25.4 Å². The van der Waals surface area contributed by atoms with Crippen LogP contribution in [0.25, 0.3) is 5.69 Å². The monoisotopic (exact) mass is 386 g/mol. The molecule has 2 N–H and O–H groups in total. The van der Waals surface area contributed by atoms with Gasteiger partial charge in [-0.2, -0.15) is 5.10 Å². The first kappa shape index (κ1) is 20.3. The van der Waals surface area contributed by atoms with Crippen LogP contribution in [-0.2, 0) is 16.0 Å². The van der Waals surface area contributed by atoms with E-state index in [1.54, 1.807) is 11.0 Å². The zero-order valence-electron chi connectivity index (χ0n) is 16.5. The highest BCUT2D eigenvalue weighted by Crippen LogP contribution is 2.12. The Hall–Kier alpha value is -2.45. The first-order valence-corrected chi connectivity index (χ1v) is 9.96. The second-order valence-corrected chi connectivity index (χ2v) is 6.79. The molecule has 0 spiro atoms.